The maximum absolute atomic E-state index is 10.8. The molecule has 1 aliphatic rings. The SMILES string of the molecule is C=CC(=O)OCC(O)COC1CCC(C)CC1. The van der Waals surface area contributed by atoms with Crippen LogP contribution in [0.5, 0.6) is 0 Å². The van der Waals surface area contributed by atoms with E-state index in [1.807, 2.05) is 0 Å². The van der Waals surface area contributed by atoms with Crippen LogP contribution in [0.25, 0.3) is 0 Å². The fraction of sp³-hybridized carbons (Fsp3) is 0.769. The van der Waals surface area contributed by atoms with Gasteiger partial charge >= 0.3 is 5.97 Å². The number of hydrogen-bond acceptors (Lipinski definition) is 4. The van der Waals surface area contributed by atoms with Crippen molar-refractivity contribution in [2.45, 2.75) is 44.8 Å². The third kappa shape index (κ3) is 5.84. The lowest BCUT2D eigenvalue weighted by atomic mass is 9.89. The van der Waals surface area contributed by atoms with E-state index in [-0.39, 0.29) is 19.3 Å². The summed E-state index contributed by atoms with van der Waals surface area (Å²) in [7, 11) is 0. The summed E-state index contributed by atoms with van der Waals surface area (Å²) < 4.78 is 10.3. The van der Waals surface area contributed by atoms with Crippen molar-refractivity contribution in [1.29, 1.82) is 0 Å². The Morgan fingerprint density at radius 1 is 1.41 bits per heavy atom. The van der Waals surface area contributed by atoms with Crippen molar-refractivity contribution in [3.63, 3.8) is 0 Å². The van der Waals surface area contributed by atoms with Gasteiger partial charge in [0.25, 0.3) is 0 Å². The maximum atomic E-state index is 10.8. The van der Waals surface area contributed by atoms with Gasteiger partial charge in [-0.3, -0.25) is 0 Å². The first-order valence-corrected chi connectivity index (χ1v) is 6.20. The maximum Gasteiger partial charge on any atom is 0.330 e. The van der Waals surface area contributed by atoms with Crippen LogP contribution in [0.15, 0.2) is 12.7 Å². The third-order valence-corrected chi connectivity index (χ3v) is 3.07. The summed E-state index contributed by atoms with van der Waals surface area (Å²) in [5.41, 5.74) is 0. The predicted octanol–water partition coefficient (Wildman–Crippen LogP) is 1.67. The van der Waals surface area contributed by atoms with Crippen LogP contribution in [0.3, 0.4) is 0 Å². The highest BCUT2D eigenvalue weighted by Crippen LogP contribution is 2.25. The Morgan fingerprint density at radius 2 is 2.06 bits per heavy atom. The minimum absolute atomic E-state index is 0.0338. The molecule has 0 spiro atoms. The zero-order chi connectivity index (χ0) is 12.7. The summed E-state index contributed by atoms with van der Waals surface area (Å²) in [4.78, 5) is 10.8. The van der Waals surface area contributed by atoms with E-state index in [2.05, 4.69) is 13.5 Å². The quantitative estimate of drug-likeness (QED) is 0.568. The summed E-state index contributed by atoms with van der Waals surface area (Å²) in [6.45, 7) is 5.72. The lowest BCUT2D eigenvalue weighted by Gasteiger charge is -2.27. The minimum Gasteiger partial charge on any atom is -0.460 e. The van der Waals surface area contributed by atoms with Crippen LogP contribution < -0.4 is 0 Å². The van der Waals surface area contributed by atoms with E-state index in [0.717, 1.165) is 24.8 Å². The van der Waals surface area contributed by atoms with E-state index in [9.17, 15) is 9.90 Å². The molecule has 0 saturated heterocycles. The highest BCUT2D eigenvalue weighted by Gasteiger charge is 2.19. The van der Waals surface area contributed by atoms with E-state index in [1.165, 1.54) is 12.8 Å². The van der Waals surface area contributed by atoms with Gasteiger partial charge in [-0.25, -0.2) is 4.79 Å². The van der Waals surface area contributed by atoms with Crippen LogP contribution in [-0.2, 0) is 14.3 Å². The molecular formula is C13H22O4. The molecule has 0 aliphatic heterocycles. The normalized spacial score (nSPS) is 26.2. The van der Waals surface area contributed by atoms with E-state index in [0.29, 0.717) is 0 Å². The van der Waals surface area contributed by atoms with E-state index >= 15 is 0 Å². The fourth-order valence-corrected chi connectivity index (χ4v) is 1.93. The van der Waals surface area contributed by atoms with Gasteiger partial charge in [-0.1, -0.05) is 13.5 Å². The number of carbonyl (C=O) groups is 1. The molecule has 0 heterocycles. The minimum atomic E-state index is -0.752. The number of aliphatic hydroxyl groups is 1. The molecule has 4 nitrogen and oxygen atoms in total. The number of rotatable bonds is 6. The zero-order valence-electron chi connectivity index (χ0n) is 10.4. The van der Waals surface area contributed by atoms with E-state index in [1.54, 1.807) is 0 Å². The number of esters is 1. The highest BCUT2D eigenvalue weighted by atomic mass is 16.5. The van der Waals surface area contributed by atoms with E-state index in [4.69, 9.17) is 9.47 Å². The highest BCUT2D eigenvalue weighted by molar-refractivity contribution is 5.81. The molecule has 0 aromatic heterocycles. The molecule has 4 heteroatoms. The second kappa shape index (κ2) is 7.45. The zero-order valence-corrected chi connectivity index (χ0v) is 10.4. The molecule has 0 bridgehead atoms. The van der Waals surface area contributed by atoms with Crippen LogP contribution in [0, 0.1) is 5.92 Å². The molecule has 1 rings (SSSR count). The molecule has 0 amide bonds. The summed E-state index contributed by atoms with van der Waals surface area (Å²) in [6.07, 6.45) is 5.06. The number of hydrogen-bond donors (Lipinski definition) is 1. The Morgan fingerprint density at radius 3 is 2.65 bits per heavy atom. The second-order valence-corrected chi connectivity index (χ2v) is 4.70. The summed E-state index contributed by atoms with van der Waals surface area (Å²) in [5, 5.41) is 9.54. The van der Waals surface area contributed by atoms with Gasteiger partial charge < -0.3 is 14.6 Å². The van der Waals surface area contributed by atoms with Crippen LogP contribution in [0.4, 0.5) is 0 Å². The lowest BCUT2D eigenvalue weighted by Crippen LogP contribution is -2.28. The molecule has 1 N–H and O–H groups in total. The standard InChI is InChI=1S/C13H22O4/c1-3-13(15)17-9-11(14)8-16-12-6-4-10(2)5-7-12/h3,10-12,14H,1,4-9H2,2H3. The van der Waals surface area contributed by atoms with Gasteiger partial charge in [-0.15, -0.1) is 0 Å². The van der Waals surface area contributed by atoms with Gasteiger partial charge in [0.05, 0.1) is 12.7 Å². The van der Waals surface area contributed by atoms with Gasteiger partial charge in [-0.2, -0.15) is 0 Å². The summed E-state index contributed by atoms with van der Waals surface area (Å²) in [6, 6.07) is 0. The Balaban J connectivity index is 2.09. The van der Waals surface area contributed by atoms with Crippen molar-refractivity contribution in [2.24, 2.45) is 5.92 Å². The average molecular weight is 242 g/mol. The van der Waals surface area contributed by atoms with Crippen LogP contribution in [-0.4, -0.2) is 36.5 Å². The van der Waals surface area contributed by atoms with Crippen LogP contribution >= 0.6 is 0 Å². The monoisotopic (exact) mass is 242 g/mol. The first kappa shape index (κ1) is 14.2. The van der Waals surface area contributed by atoms with Gasteiger partial charge in [0.1, 0.15) is 12.7 Å². The predicted molar refractivity (Wildman–Crippen MR) is 64.5 cm³/mol. The van der Waals surface area contributed by atoms with Crippen molar-refractivity contribution < 1.29 is 19.4 Å². The van der Waals surface area contributed by atoms with Crippen molar-refractivity contribution in [2.75, 3.05) is 13.2 Å². The molecule has 0 aromatic rings. The van der Waals surface area contributed by atoms with Crippen molar-refractivity contribution in [3.05, 3.63) is 12.7 Å². The molecule has 98 valence electrons. The summed E-state index contributed by atoms with van der Waals surface area (Å²) >= 11 is 0. The first-order valence-electron chi connectivity index (χ1n) is 6.20. The number of carbonyl (C=O) groups excluding carboxylic acids is 1. The molecule has 1 atom stereocenters. The van der Waals surface area contributed by atoms with Gasteiger partial charge in [0.15, 0.2) is 0 Å². The van der Waals surface area contributed by atoms with Crippen LogP contribution in [0.1, 0.15) is 32.6 Å². The van der Waals surface area contributed by atoms with Gasteiger partial charge in [0.2, 0.25) is 0 Å². The van der Waals surface area contributed by atoms with Crippen molar-refractivity contribution in [3.8, 4) is 0 Å². The Bertz CT molecular complexity index is 244. The largest absolute Gasteiger partial charge is 0.460 e. The third-order valence-electron chi connectivity index (χ3n) is 3.07. The Hall–Kier alpha value is -0.870. The van der Waals surface area contributed by atoms with Crippen molar-refractivity contribution in [1.82, 2.24) is 0 Å². The average Bonchev–Trinajstić information content (AvgIpc) is 2.35. The molecule has 0 radical (unpaired) electrons. The topological polar surface area (TPSA) is 55.8 Å². The smallest absolute Gasteiger partial charge is 0.330 e. The molecule has 1 aliphatic carbocycles. The Labute approximate surface area is 103 Å². The molecule has 1 fully saturated rings. The molecular weight excluding hydrogens is 220 g/mol. The molecule has 1 saturated carbocycles. The Kier molecular flexibility index (Phi) is 6.22. The van der Waals surface area contributed by atoms with Gasteiger partial charge in [0, 0.05) is 6.08 Å². The van der Waals surface area contributed by atoms with E-state index < -0.39 is 12.1 Å². The van der Waals surface area contributed by atoms with Gasteiger partial charge in [-0.05, 0) is 31.6 Å². The fourth-order valence-electron chi connectivity index (χ4n) is 1.93. The summed E-state index contributed by atoms with van der Waals surface area (Å²) in [5.74, 6) is 0.267. The number of ether oxygens (including phenoxy) is 2. The molecule has 1 unspecified atom stereocenters. The molecule has 0 aromatic carbocycles. The first-order chi connectivity index (χ1) is 8.11. The van der Waals surface area contributed by atoms with Crippen molar-refractivity contribution >= 4 is 5.97 Å². The molecule has 17 heavy (non-hydrogen) atoms. The second-order valence-electron chi connectivity index (χ2n) is 4.70. The number of aliphatic hydroxyl groups excluding tert-OH is 1. The van der Waals surface area contributed by atoms with Crippen LogP contribution in [0.2, 0.25) is 0 Å². The lowest BCUT2D eigenvalue weighted by molar-refractivity contribution is -0.142.